The fourth-order valence-electron chi connectivity index (χ4n) is 8.04. The van der Waals surface area contributed by atoms with Crippen LogP contribution >= 0.6 is 7.82 Å². The summed E-state index contributed by atoms with van der Waals surface area (Å²) in [6, 6.07) is -0.893. The van der Waals surface area contributed by atoms with Crippen molar-refractivity contribution in [3.05, 3.63) is 134 Å². The highest BCUT2D eigenvalue weighted by Gasteiger charge is 2.30. The summed E-state index contributed by atoms with van der Waals surface area (Å²) in [5.74, 6) is -0.602. The van der Waals surface area contributed by atoms with E-state index in [1.54, 1.807) is 0 Å². The quantitative estimate of drug-likeness (QED) is 0.0205. The highest BCUT2D eigenvalue weighted by molar-refractivity contribution is 7.47. The molecule has 0 aromatic carbocycles. The van der Waals surface area contributed by atoms with Gasteiger partial charge in [0.15, 0.2) is 0 Å². The van der Waals surface area contributed by atoms with Crippen LogP contribution < -0.4 is 5.32 Å². The molecule has 2 N–H and O–H groups in total. The number of likely N-dealkylation sites (N-methyl/N-ethyl adjacent to an activating group) is 1. The van der Waals surface area contributed by atoms with Crippen LogP contribution in [0.1, 0.15) is 233 Å². The number of nitrogens with zero attached hydrogens (tertiary/aromatic N) is 1. The van der Waals surface area contributed by atoms with E-state index in [9.17, 15) is 19.0 Å². The van der Waals surface area contributed by atoms with Crippen LogP contribution in [0.3, 0.4) is 0 Å². The Hall–Kier alpha value is -3.85. The summed E-state index contributed by atoms with van der Waals surface area (Å²) in [6.45, 7) is 6.79. The zero-order chi connectivity index (χ0) is 57.2. The summed E-state index contributed by atoms with van der Waals surface area (Å²) in [5, 5.41) is 3.02. The minimum absolute atomic E-state index is 0.0190. The molecule has 444 valence electrons. The third-order valence-electron chi connectivity index (χ3n) is 12.8. The van der Waals surface area contributed by atoms with Crippen molar-refractivity contribution in [2.45, 2.75) is 245 Å². The minimum atomic E-state index is -4.48. The van der Waals surface area contributed by atoms with Crippen LogP contribution in [0.25, 0.3) is 0 Å². The molecule has 3 atom stereocenters. The van der Waals surface area contributed by atoms with Crippen molar-refractivity contribution in [3.8, 4) is 0 Å². The number of carbonyl (C=O) groups excluding carboxylic acids is 2. The normalized spacial score (nSPS) is 14.6. The molecule has 0 aromatic heterocycles. The first-order valence-electron chi connectivity index (χ1n) is 31.0. The van der Waals surface area contributed by atoms with E-state index in [0.29, 0.717) is 23.9 Å². The van der Waals surface area contributed by atoms with Crippen LogP contribution in [0.4, 0.5) is 0 Å². The fraction of sp³-hybridized carbons (Fsp3) is 0.647. The van der Waals surface area contributed by atoms with Gasteiger partial charge in [0.2, 0.25) is 5.91 Å². The van der Waals surface area contributed by atoms with Crippen LogP contribution in [0.5, 0.6) is 0 Å². The van der Waals surface area contributed by atoms with Gasteiger partial charge in [-0.25, -0.2) is 4.57 Å². The molecule has 0 rings (SSSR count). The molecule has 78 heavy (non-hydrogen) atoms. The van der Waals surface area contributed by atoms with E-state index in [4.69, 9.17) is 13.8 Å². The van der Waals surface area contributed by atoms with E-state index in [2.05, 4.69) is 148 Å². The van der Waals surface area contributed by atoms with Crippen LogP contribution in [0.2, 0.25) is 0 Å². The van der Waals surface area contributed by atoms with Gasteiger partial charge in [-0.15, -0.1) is 0 Å². The van der Waals surface area contributed by atoms with Gasteiger partial charge in [0.1, 0.15) is 19.3 Å². The lowest BCUT2D eigenvalue weighted by molar-refractivity contribution is -0.870. The lowest BCUT2D eigenvalue weighted by atomic mass is 10.1. The number of amides is 1. The minimum Gasteiger partial charge on any atom is -0.456 e. The Labute approximate surface area is 479 Å². The van der Waals surface area contributed by atoms with Crippen molar-refractivity contribution in [3.63, 3.8) is 0 Å². The molecule has 0 spiro atoms. The smallest absolute Gasteiger partial charge is 0.456 e. The Morgan fingerprint density at radius 3 is 1.27 bits per heavy atom. The summed E-state index contributed by atoms with van der Waals surface area (Å²) in [4.78, 5) is 37.7. The Bertz CT molecular complexity index is 1800. The highest BCUT2D eigenvalue weighted by Crippen LogP contribution is 2.43. The molecule has 0 saturated carbocycles. The maximum atomic E-state index is 13.5. The molecular weight excluding hydrogens is 988 g/mol. The number of hydrogen-bond donors (Lipinski definition) is 2. The second kappa shape index (κ2) is 56.4. The SMILES string of the molecule is CC/C=C\C/C=C\C/C=C\C/C=C\C/C=C\C/C=C\CCCCC(=O)OC(/C=C/CCCCCCCCCCCC)C(COP(=O)(O)OCC[N+](C)(C)C)NC(=O)CCCCC/C=C\C/C=C\C/C=C\C/C=C\CCCCC. The average Bonchev–Trinajstić information content (AvgIpc) is 3.40. The first-order valence-corrected chi connectivity index (χ1v) is 32.5. The lowest BCUT2D eigenvalue weighted by Gasteiger charge is -2.27. The molecule has 0 aliphatic carbocycles. The molecule has 0 fully saturated rings. The predicted octanol–water partition coefficient (Wildman–Crippen LogP) is 19.3. The second-order valence-corrected chi connectivity index (χ2v) is 22.9. The monoisotopic (exact) mass is 1100 g/mol. The molecule has 10 heteroatoms. The summed E-state index contributed by atoms with van der Waals surface area (Å²) < 4.78 is 30.6. The molecule has 0 bridgehead atoms. The molecule has 3 unspecified atom stereocenters. The molecule has 0 aromatic rings. The summed E-state index contributed by atoms with van der Waals surface area (Å²) in [5.41, 5.74) is 0. The van der Waals surface area contributed by atoms with Gasteiger partial charge in [0.25, 0.3) is 0 Å². The van der Waals surface area contributed by atoms with Gasteiger partial charge in [-0.2, -0.15) is 0 Å². The zero-order valence-electron chi connectivity index (χ0n) is 50.6. The number of phosphoric ester groups is 1. The number of unbranched alkanes of at least 4 members (excludes halogenated alkanes) is 18. The van der Waals surface area contributed by atoms with Crippen molar-refractivity contribution in [2.24, 2.45) is 0 Å². The van der Waals surface area contributed by atoms with Gasteiger partial charge < -0.3 is 19.4 Å². The molecule has 9 nitrogen and oxygen atoms in total. The second-order valence-electron chi connectivity index (χ2n) is 21.5. The van der Waals surface area contributed by atoms with Crippen LogP contribution in [-0.2, 0) is 27.9 Å². The number of quaternary nitrogens is 1. The maximum absolute atomic E-state index is 13.5. The largest absolute Gasteiger partial charge is 0.472 e. The van der Waals surface area contributed by atoms with Gasteiger partial charge in [-0.3, -0.25) is 18.6 Å². The van der Waals surface area contributed by atoms with E-state index in [-0.39, 0.29) is 37.9 Å². The number of esters is 1. The average molecular weight is 1100 g/mol. The Balaban J connectivity index is 5.42. The molecule has 0 radical (unpaired) electrons. The standard InChI is InChI=1S/C68H115N2O7P/c1-7-10-13-16-19-22-25-28-30-32-34-35-37-39-41-43-46-49-52-55-58-61-68(72)77-66(59-56-53-50-47-44-27-24-21-18-15-12-9-3)65(64-76-78(73,74)75-63-62-70(4,5)6)69-67(71)60-57-54-51-48-45-42-40-38-36-33-31-29-26-23-20-17-14-11-8-2/h10,13,19-20,22-23,28-31,34-36,38-39,41-42,45-46,49,56,59,65-66H,7-9,11-12,14-18,21,24-27,32-33,37,40,43-44,47-48,50-55,57-58,60-64H2,1-6H3,(H-,69,71,73,74)/p+1/b13-10-,22-19-,23-20-,30-28-,31-29-,35-34-,38-36-,41-39-,45-42-,49-46-,59-56+. The van der Waals surface area contributed by atoms with Gasteiger partial charge >= 0.3 is 13.8 Å². The van der Waals surface area contributed by atoms with Gasteiger partial charge in [0.05, 0.1) is 33.8 Å². The predicted molar refractivity (Wildman–Crippen MR) is 336 cm³/mol. The molecule has 0 aliphatic rings. The first kappa shape index (κ1) is 74.2. The van der Waals surface area contributed by atoms with Crippen LogP contribution in [0, 0.1) is 0 Å². The van der Waals surface area contributed by atoms with Gasteiger partial charge in [0, 0.05) is 12.8 Å². The van der Waals surface area contributed by atoms with E-state index in [1.807, 2.05) is 33.3 Å². The maximum Gasteiger partial charge on any atom is 0.472 e. The summed E-state index contributed by atoms with van der Waals surface area (Å²) in [7, 11) is 1.43. The van der Waals surface area contributed by atoms with Gasteiger partial charge in [-0.05, 0) is 128 Å². The highest BCUT2D eigenvalue weighted by atomic mass is 31.2. The Kier molecular flexibility index (Phi) is 53.6. The molecule has 1 amide bonds. The molecule has 0 aliphatic heterocycles. The third kappa shape index (κ3) is 56.9. The van der Waals surface area contributed by atoms with Crippen molar-refractivity contribution in [1.29, 1.82) is 0 Å². The first-order chi connectivity index (χ1) is 37.9. The third-order valence-corrected chi connectivity index (χ3v) is 13.8. The van der Waals surface area contributed by atoms with Crippen LogP contribution in [-0.4, -0.2) is 74.3 Å². The number of allylic oxidation sites excluding steroid dienone is 21. The number of carbonyl (C=O) groups is 2. The molecular formula is C68H116N2O7P+. The fourth-order valence-corrected chi connectivity index (χ4v) is 8.78. The van der Waals surface area contributed by atoms with E-state index in [1.165, 1.54) is 77.0 Å². The van der Waals surface area contributed by atoms with E-state index >= 15 is 0 Å². The van der Waals surface area contributed by atoms with Crippen molar-refractivity contribution in [2.75, 3.05) is 40.9 Å². The zero-order valence-corrected chi connectivity index (χ0v) is 51.5. The topological polar surface area (TPSA) is 111 Å². The van der Waals surface area contributed by atoms with Crippen molar-refractivity contribution in [1.82, 2.24) is 5.32 Å². The van der Waals surface area contributed by atoms with E-state index < -0.39 is 20.0 Å². The number of rotatable bonds is 54. The summed E-state index contributed by atoms with van der Waals surface area (Å²) >= 11 is 0. The molecule has 0 heterocycles. The molecule has 0 saturated heterocycles. The van der Waals surface area contributed by atoms with Crippen molar-refractivity contribution < 1.29 is 37.3 Å². The number of phosphoric acid groups is 1. The van der Waals surface area contributed by atoms with Gasteiger partial charge in [-0.1, -0.05) is 225 Å². The Morgan fingerprint density at radius 1 is 0.462 bits per heavy atom. The van der Waals surface area contributed by atoms with Crippen LogP contribution in [0.15, 0.2) is 134 Å². The summed E-state index contributed by atoms with van der Waals surface area (Å²) in [6.07, 6.45) is 80.2. The van der Waals surface area contributed by atoms with Crippen molar-refractivity contribution >= 4 is 19.7 Å². The Morgan fingerprint density at radius 2 is 0.821 bits per heavy atom. The number of nitrogens with one attached hydrogen (secondary N) is 1. The number of hydrogen-bond acceptors (Lipinski definition) is 6. The number of ether oxygens (including phenoxy) is 1. The van der Waals surface area contributed by atoms with E-state index in [0.717, 1.165) is 109 Å². The lowest BCUT2D eigenvalue weighted by Crippen LogP contribution is -2.47.